The number of nitrogens with two attached hydrogens (primary N) is 1. The SMILES string of the molecule is C[C@H](N)c1cccc(OC2CCS(=O)(=O)C2)c1. The van der Waals surface area contributed by atoms with Crippen molar-refractivity contribution in [1.29, 1.82) is 0 Å². The van der Waals surface area contributed by atoms with E-state index in [9.17, 15) is 8.42 Å². The van der Waals surface area contributed by atoms with Gasteiger partial charge in [0, 0.05) is 6.04 Å². The van der Waals surface area contributed by atoms with Gasteiger partial charge in [0.25, 0.3) is 0 Å². The van der Waals surface area contributed by atoms with E-state index in [1.54, 1.807) is 0 Å². The summed E-state index contributed by atoms with van der Waals surface area (Å²) in [5.74, 6) is 1.04. The highest BCUT2D eigenvalue weighted by molar-refractivity contribution is 7.91. The van der Waals surface area contributed by atoms with Crippen LogP contribution in [0.1, 0.15) is 24.9 Å². The first-order valence-corrected chi connectivity index (χ1v) is 7.51. The molecule has 0 radical (unpaired) electrons. The van der Waals surface area contributed by atoms with Crippen LogP contribution in [0.4, 0.5) is 0 Å². The molecule has 1 aromatic rings. The predicted molar refractivity (Wildman–Crippen MR) is 66.7 cm³/mol. The van der Waals surface area contributed by atoms with Crippen LogP contribution in [0.25, 0.3) is 0 Å². The third kappa shape index (κ3) is 3.20. The molecule has 1 aliphatic heterocycles. The maximum atomic E-state index is 11.3. The van der Waals surface area contributed by atoms with E-state index in [0.29, 0.717) is 12.2 Å². The van der Waals surface area contributed by atoms with E-state index in [-0.39, 0.29) is 23.7 Å². The van der Waals surface area contributed by atoms with Crippen LogP contribution in [-0.4, -0.2) is 26.0 Å². The lowest BCUT2D eigenvalue weighted by molar-refractivity contribution is 0.228. The van der Waals surface area contributed by atoms with Gasteiger partial charge in [-0.3, -0.25) is 0 Å². The summed E-state index contributed by atoms with van der Waals surface area (Å²) in [6.07, 6.45) is 0.355. The second-order valence-corrected chi connectivity index (χ2v) is 6.73. The van der Waals surface area contributed by atoms with Crippen molar-refractivity contribution in [2.24, 2.45) is 5.73 Å². The van der Waals surface area contributed by atoms with Gasteiger partial charge >= 0.3 is 0 Å². The first-order valence-electron chi connectivity index (χ1n) is 5.69. The number of sulfone groups is 1. The minimum Gasteiger partial charge on any atom is -0.489 e. The fraction of sp³-hybridized carbons (Fsp3) is 0.500. The highest BCUT2D eigenvalue weighted by Gasteiger charge is 2.29. The standard InChI is InChI=1S/C12H17NO3S/c1-9(13)10-3-2-4-11(7-10)16-12-5-6-17(14,15)8-12/h2-4,7,9,12H,5-6,8,13H2,1H3/t9-,12?/m0/s1. The molecule has 2 N–H and O–H groups in total. The third-order valence-electron chi connectivity index (χ3n) is 2.88. The highest BCUT2D eigenvalue weighted by atomic mass is 32.2. The first-order chi connectivity index (χ1) is 7.96. The predicted octanol–water partition coefficient (Wildman–Crippen LogP) is 1.27. The van der Waals surface area contributed by atoms with E-state index >= 15 is 0 Å². The molecular weight excluding hydrogens is 238 g/mol. The first kappa shape index (κ1) is 12.4. The van der Waals surface area contributed by atoms with Crippen LogP contribution in [0, 0.1) is 0 Å². The lowest BCUT2D eigenvalue weighted by atomic mass is 10.1. The van der Waals surface area contributed by atoms with Crippen molar-refractivity contribution in [1.82, 2.24) is 0 Å². The van der Waals surface area contributed by atoms with Gasteiger partial charge in [0.05, 0.1) is 11.5 Å². The molecule has 1 heterocycles. The van der Waals surface area contributed by atoms with Gasteiger partial charge in [0.2, 0.25) is 0 Å². The molecule has 0 bridgehead atoms. The van der Waals surface area contributed by atoms with Gasteiger partial charge in [-0.15, -0.1) is 0 Å². The second-order valence-electron chi connectivity index (χ2n) is 4.50. The molecule has 1 aliphatic rings. The second kappa shape index (κ2) is 4.66. The van der Waals surface area contributed by atoms with Crippen LogP contribution in [0.15, 0.2) is 24.3 Å². The molecule has 1 fully saturated rings. The Labute approximate surface area is 102 Å². The van der Waals surface area contributed by atoms with E-state index in [4.69, 9.17) is 10.5 Å². The number of benzene rings is 1. The molecule has 5 heteroatoms. The Hall–Kier alpha value is -1.07. The Morgan fingerprint density at radius 1 is 1.47 bits per heavy atom. The van der Waals surface area contributed by atoms with Gasteiger partial charge < -0.3 is 10.5 Å². The number of hydrogen-bond acceptors (Lipinski definition) is 4. The molecule has 2 rings (SSSR count). The molecule has 0 spiro atoms. The topological polar surface area (TPSA) is 69.4 Å². The van der Waals surface area contributed by atoms with Crippen LogP contribution in [0.3, 0.4) is 0 Å². The molecule has 1 saturated heterocycles. The van der Waals surface area contributed by atoms with Gasteiger partial charge in [-0.2, -0.15) is 0 Å². The van der Waals surface area contributed by atoms with Crippen LogP contribution in [-0.2, 0) is 9.84 Å². The summed E-state index contributed by atoms with van der Waals surface area (Å²) in [7, 11) is -2.89. The fourth-order valence-corrected chi connectivity index (χ4v) is 3.51. The molecule has 0 saturated carbocycles. The molecule has 17 heavy (non-hydrogen) atoms. The van der Waals surface area contributed by atoms with Gasteiger partial charge in [-0.05, 0) is 31.0 Å². The largest absolute Gasteiger partial charge is 0.489 e. The van der Waals surface area contributed by atoms with E-state index in [1.165, 1.54) is 0 Å². The molecule has 1 unspecified atom stereocenters. The smallest absolute Gasteiger partial charge is 0.154 e. The summed E-state index contributed by atoms with van der Waals surface area (Å²) in [5, 5.41) is 0. The fourth-order valence-electron chi connectivity index (χ4n) is 1.92. The summed E-state index contributed by atoms with van der Waals surface area (Å²) >= 11 is 0. The normalized spacial score (nSPS) is 24.5. The molecule has 94 valence electrons. The number of hydrogen-bond donors (Lipinski definition) is 1. The van der Waals surface area contributed by atoms with Gasteiger partial charge in [-0.1, -0.05) is 12.1 Å². The summed E-state index contributed by atoms with van der Waals surface area (Å²) < 4.78 is 28.3. The van der Waals surface area contributed by atoms with Crippen molar-refractivity contribution in [2.45, 2.75) is 25.5 Å². The Morgan fingerprint density at radius 2 is 2.24 bits per heavy atom. The Bertz CT molecular complexity index is 496. The highest BCUT2D eigenvalue weighted by Crippen LogP contribution is 2.22. The minimum absolute atomic E-state index is 0.0501. The molecular formula is C12H17NO3S. The third-order valence-corrected chi connectivity index (χ3v) is 4.61. The lowest BCUT2D eigenvalue weighted by Gasteiger charge is -2.13. The quantitative estimate of drug-likeness (QED) is 0.883. The van der Waals surface area contributed by atoms with Crippen molar-refractivity contribution in [3.05, 3.63) is 29.8 Å². The average molecular weight is 255 g/mol. The molecule has 0 aromatic heterocycles. The summed E-state index contributed by atoms with van der Waals surface area (Å²) in [6, 6.07) is 7.46. The van der Waals surface area contributed by atoms with Gasteiger partial charge in [0.15, 0.2) is 9.84 Å². The number of ether oxygens (including phenoxy) is 1. The molecule has 0 amide bonds. The van der Waals surface area contributed by atoms with Crippen molar-refractivity contribution < 1.29 is 13.2 Å². The molecule has 1 aromatic carbocycles. The maximum absolute atomic E-state index is 11.3. The Kier molecular flexibility index (Phi) is 3.40. The monoisotopic (exact) mass is 255 g/mol. The van der Waals surface area contributed by atoms with Gasteiger partial charge in [0.1, 0.15) is 11.9 Å². The zero-order chi connectivity index (χ0) is 12.5. The summed E-state index contributed by atoms with van der Waals surface area (Å²) in [4.78, 5) is 0. The molecule has 4 nitrogen and oxygen atoms in total. The van der Waals surface area contributed by atoms with Crippen LogP contribution >= 0.6 is 0 Å². The lowest BCUT2D eigenvalue weighted by Crippen LogP contribution is -2.18. The maximum Gasteiger partial charge on any atom is 0.154 e. The molecule has 0 aliphatic carbocycles. The van der Waals surface area contributed by atoms with Crippen LogP contribution in [0.5, 0.6) is 5.75 Å². The van der Waals surface area contributed by atoms with Gasteiger partial charge in [-0.25, -0.2) is 8.42 Å². The van der Waals surface area contributed by atoms with Crippen molar-refractivity contribution in [3.8, 4) is 5.75 Å². The van der Waals surface area contributed by atoms with Crippen LogP contribution < -0.4 is 10.5 Å². The van der Waals surface area contributed by atoms with E-state index < -0.39 is 9.84 Å². The number of rotatable bonds is 3. The van der Waals surface area contributed by atoms with Crippen molar-refractivity contribution >= 4 is 9.84 Å². The van der Waals surface area contributed by atoms with Crippen molar-refractivity contribution in [2.75, 3.05) is 11.5 Å². The van der Waals surface area contributed by atoms with E-state index in [0.717, 1.165) is 5.56 Å². The van der Waals surface area contributed by atoms with Crippen LogP contribution in [0.2, 0.25) is 0 Å². The Morgan fingerprint density at radius 3 is 2.82 bits per heavy atom. The Balaban J connectivity index is 2.07. The van der Waals surface area contributed by atoms with E-state index in [2.05, 4.69) is 0 Å². The summed E-state index contributed by atoms with van der Waals surface area (Å²) in [5.41, 5.74) is 6.77. The zero-order valence-corrected chi connectivity index (χ0v) is 10.6. The zero-order valence-electron chi connectivity index (χ0n) is 9.80. The molecule has 2 atom stereocenters. The average Bonchev–Trinajstić information content (AvgIpc) is 2.58. The van der Waals surface area contributed by atoms with E-state index in [1.807, 2.05) is 31.2 Å². The summed E-state index contributed by atoms with van der Waals surface area (Å²) in [6.45, 7) is 1.90. The minimum atomic E-state index is -2.89. The van der Waals surface area contributed by atoms with Crippen molar-refractivity contribution in [3.63, 3.8) is 0 Å².